The molecule has 1 amide bonds. The van der Waals surface area contributed by atoms with Crippen LogP contribution in [-0.4, -0.2) is 51.7 Å². The van der Waals surface area contributed by atoms with Gasteiger partial charge in [-0.2, -0.15) is 0 Å². The van der Waals surface area contributed by atoms with Gasteiger partial charge < -0.3 is 15.0 Å². The van der Waals surface area contributed by atoms with Crippen molar-refractivity contribution in [2.45, 2.75) is 50.9 Å². The van der Waals surface area contributed by atoms with Gasteiger partial charge in [0, 0.05) is 49.3 Å². The number of morpholine rings is 1. The van der Waals surface area contributed by atoms with Crippen LogP contribution in [0, 0.1) is 0 Å². The van der Waals surface area contributed by atoms with Crippen LogP contribution in [-0.2, 0) is 11.2 Å². The van der Waals surface area contributed by atoms with E-state index in [0.29, 0.717) is 12.1 Å². The summed E-state index contributed by atoms with van der Waals surface area (Å²) in [5.74, 6) is 0.618. The molecule has 1 N–H and O–H groups in total. The molecule has 0 bridgehead atoms. The second-order valence-electron chi connectivity index (χ2n) is 7.64. The van der Waals surface area contributed by atoms with E-state index < -0.39 is 0 Å². The topological polar surface area (TPSA) is 80.2 Å². The minimum atomic E-state index is -0.238. The number of amides is 1. The summed E-state index contributed by atoms with van der Waals surface area (Å²) in [6.45, 7) is 5.76. The third kappa shape index (κ3) is 4.24. The lowest BCUT2D eigenvalue weighted by molar-refractivity contribution is -0.00522. The Labute approximate surface area is 159 Å². The first-order valence-corrected chi connectivity index (χ1v) is 9.48. The largest absolute Gasteiger partial charge is 0.372 e. The molecule has 0 radical (unpaired) electrons. The summed E-state index contributed by atoms with van der Waals surface area (Å²) in [6, 6.07) is 5.62. The van der Waals surface area contributed by atoms with Gasteiger partial charge in [-0.3, -0.25) is 9.78 Å². The molecule has 2 aliphatic rings. The average Bonchev–Trinajstić information content (AvgIpc) is 3.40. The number of anilines is 1. The fraction of sp³-hybridized carbons (Fsp3) is 0.500. The lowest BCUT2D eigenvalue weighted by Gasteiger charge is -2.36. The zero-order valence-corrected chi connectivity index (χ0v) is 15.8. The molecule has 0 unspecified atom stereocenters. The highest BCUT2D eigenvalue weighted by atomic mass is 16.5. The summed E-state index contributed by atoms with van der Waals surface area (Å²) >= 11 is 0. The van der Waals surface area contributed by atoms with Crippen molar-refractivity contribution in [3.05, 3.63) is 48.3 Å². The first-order valence-electron chi connectivity index (χ1n) is 9.48. The van der Waals surface area contributed by atoms with Crippen molar-refractivity contribution in [1.82, 2.24) is 20.3 Å². The summed E-state index contributed by atoms with van der Waals surface area (Å²) in [4.78, 5) is 27.9. The van der Waals surface area contributed by atoms with Crippen molar-refractivity contribution in [1.29, 1.82) is 0 Å². The number of hydrogen-bond acceptors (Lipinski definition) is 6. The number of carbonyl (C=O) groups is 1. The molecule has 142 valence electrons. The molecule has 1 aliphatic heterocycles. The molecule has 7 heteroatoms. The molecule has 2 aromatic heterocycles. The summed E-state index contributed by atoms with van der Waals surface area (Å²) in [5.41, 5.74) is 1.21. The average molecular weight is 367 g/mol. The number of carbonyl (C=O) groups excluding carboxylic acids is 1. The maximum Gasteiger partial charge on any atom is 0.270 e. The van der Waals surface area contributed by atoms with E-state index in [9.17, 15) is 4.79 Å². The van der Waals surface area contributed by atoms with E-state index in [4.69, 9.17) is 4.74 Å². The Morgan fingerprint density at radius 1 is 1.19 bits per heavy atom. The normalized spacial score (nSPS) is 23.7. The highest BCUT2D eigenvalue weighted by Gasteiger charge is 2.45. The van der Waals surface area contributed by atoms with Gasteiger partial charge in [0.25, 0.3) is 5.91 Å². The van der Waals surface area contributed by atoms with E-state index in [0.717, 1.165) is 37.4 Å². The second kappa shape index (κ2) is 7.23. The van der Waals surface area contributed by atoms with Crippen LogP contribution in [0.5, 0.6) is 0 Å². The van der Waals surface area contributed by atoms with Gasteiger partial charge in [-0.25, -0.2) is 9.97 Å². The van der Waals surface area contributed by atoms with Gasteiger partial charge in [0.05, 0.1) is 12.2 Å². The van der Waals surface area contributed by atoms with E-state index in [1.807, 2.05) is 12.1 Å². The van der Waals surface area contributed by atoms with Crippen molar-refractivity contribution in [2.75, 3.05) is 18.0 Å². The predicted molar refractivity (Wildman–Crippen MR) is 102 cm³/mol. The Balaban J connectivity index is 1.45. The zero-order valence-electron chi connectivity index (χ0n) is 15.8. The first-order chi connectivity index (χ1) is 13.0. The number of nitrogens with one attached hydrogen (secondary N) is 1. The van der Waals surface area contributed by atoms with E-state index in [1.54, 1.807) is 24.7 Å². The van der Waals surface area contributed by atoms with Crippen LogP contribution in [0.2, 0.25) is 0 Å². The number of aromatic nitrogens is 3. The fourth-order valence-corrected chi connectivity index (χ4v) is 3.65. The van der Waals surface area contributed by atoms with Crippen molar-refractivity contribution < 1.29 is 9.53 Å². The highest BCUT2D eigenvalue weighted by Crippen LogP contribution is 2.38. The molecular weight excluding hydrogens is 342 g/mol. The van der Waals surface area contributed by atoms with Crippen molar-refractivity contribution >= 4 is 11.6 Å². The van der Waals surface area contributed by atoms with Crippen LogP contribution in [0.1, 0.15) is 43.0 Å². The van der Waals surface area contributed by atoms with Crippen LogP contribution in [0.3, 0.4) is 0 Å². The molecular formula is C20H25N5O2. The van der Waals surface area contributed by atoms with Crippen LogP contribution < -0.4 is 10.2 Å². The van der Waals surface area contributed by atoms with Crippen molar-refractivity contribution in [2.24, 2.45) is 0 Å². The van der Waals surface area contributed by atoms with Crippen molar-refractivity contribution in [3.8, 4) is 0 Å². The minimum absolute atomic E-state index is 0.139. The Hall–Kier alpha value is -2.54. The molecule has 0 aromatic carbocycles. The smallest absolute Gasteiger partial charge is 0.270 e. The maximum absolute atomic E-state index is 12.8. The molecule has 3 heterocycles. The Morgan fingerprint density at radius 2 is 1.89 bits per heavy atom. The maximum atomic E-state index is 12.8. The summed E-state index contributed by atoms with van der Waals surface area (Å²) in [6.07, 6.45) is 8.03. The number of pyridine rings is 1. The van der Waals surface area contributed by atoms with Crippen LogP contribution >= 0.6 is 0 Å². The molecule has 1 saturated heterocycles. The number of hydrogen-bond donors (Lipinski definition) is 1. The number of nitrogens with zero attached hydrogens (tertiary/aromatic N) is 4. The highest BCUT2D eigenvalue weighted by molar-refractivity contribution is 5.94. The zero-order chi connectivity index (χ0) is 18.9. The van der Waals surface area contributed by atoms with Crippen molar-refractivity contribution in [3.63, 3.8) is 0 Å². The van der Waals surface area contributed by atoms with Gasteiger partial charge in [0.1, 0.15) is 11.5 Å². The molecule has 4 rings (SSSR count). The van der Waals surface area contributed by atoms with E-state index >= 15 is 0 Å². The molecule has 27 heavy (non-hydrogen) atoms. The number of rotatable bonds is 5. The quantitative estimate of drug-likeness (QED) is 0.871. The molecule has 2 aromatic rings. The van der Waals surface area contributed by atoms with Crippen LogP contribution in [0.25, 0.3) is 0 Å². The standard InChI is InChI=1S/C20H25N5O2/c1-14-12-25(13-15(2)27-14)16-4-9-21-17(10-16)19(26)24-20(5-6-20)11-18-22-7-3-8-23-18/h3-4,7-10,14-15H,5-6,11-13H2,1-2H3,(H,24,26)/t14-,15+. The summed E-state index contributed by atoms with van der Waals surface area (Å²) < 4.78 is 5.80. The lowest BCUT2D eigenvalue weighted by atomic mass is 10.1. The summed E-state index contributed by atoms with van der Waals surface area (Å²) in [5, 5.41) is 3.16. The lowest BCUT2D eigenvalue weighted by Crippen LogP contribution is -2.45. The molecule has 1 aliphatic carbocycles. The van der Waals surface area contributed by atoms with E-state index in [1.165, 1.54) is 0 Å². The van der Waals surface area contributed by atoms with Crippen LogP contribution in [0.4, 0.5) is 5.69 Å². The Kier molecular flexibility index (Phi) is 4.78. The van der Waals surface area contributed by atoms with Gasteiger partial charge in [-0.15, -0.1) is 0 Å². The SMILES string of the molecule is C[C@@H]1CN(c2ccnc(C(=O)NC3(Cc4ncccn4)CC3)c2)C[C@H](C)O1. The molecule has 2 atom stereocenters. The van der Waals surface area contributed by atoms with Gasteiger partial charge >= 0.3 is 0 Å². The predicted octanol–water partition coefficient (Wildman–Crippen LogP) is 1.99. The molecule has 1 saturated carbocycles. The van der Waals surface area contributed by atoms with Crippen LogP contribution in [0.15, 0.2) is 36.8 Å². The van der Waals surface area contributed by atoms with Gasteiger partial charge in [-0.1, -0.05) is 0 Å². The molecule has 2 fully saturated rings. The Bertz CT molecular complexity index is 799. The third-order valence-corrected chi connectivity index (χ3v) is 5.11. The monoisotopic (exact) mass is 367 g/mol. The Morgan fingerprint density at radius 3 is 2.56 bits per heavy atom. The molecule has 0 spiro atoms. The van der Waals surface area contributed by atoms with Gasteiger partial charge in [0.15, 0.2) is 0 Å². The fourth-order valence-electron chi connectivity index (χ4n) is 3.65. The van der Waals surface area contributed by atoms with E-state index in [-0.39, 0.29) is 23.7 Å². The van der Waals surface area contributed by atoms with Gasteiger partial charge in [0.2, 0.25) is 0 Å². The van der Waals surface area contributed by atoms with E-state index in [2.05, 4.69) is 39.0 Å². The van der Waals surface area contributed by atoms with Gasteiger partial charge in [-0.05, 0) is 44.9 Å². The number of ether oxygens (including phenoxy) is 1. The third-order valence-electron chi connectivity index (χ3n) is 5.11. The summed E-state index contributed by atoms with van der Waals surface area (Å²) in [7, 11) is 0. The molecule has 7 nitrogen and oxygen atoms in total. The minimum Gasteiger partial charge on any atom is -0.372 e. The second-order valence-corrected chi connectivity index (χ2v) is 7.64. The first kappa shape index (κ1) is 17.9.